The zero-order valence-corrected chi connectivity index (χ0v) is 17.8. The van der Waals surface area contributed by atoms with Crippen molar-refractivity contribution in [1.82, 2.24) is 4.57 Å². The van der Waals surface area contributed by atoms with Gasteiger partial charge in [-0.25, -0.2) is 0 Å². The molecule has 3 nitrogen and oxygen atoms in total. The van der Waals surface area contributed by atoms with E-state index in [1.54, 1.807) is 0 Å². The molecule has 2 aliphatic heterocycles. The van der Waals surface area contributed by atoms with Crippen molar-refractivity contribution in [2.45, 2.75) is 65.5 Å². The molecule has 0 bridgehead atoms. The van der Waals surface area contributed by atoms with Gasteiger partial charge in [-0.3, -0.25) is 0 Å². The van der Waals surface area contributed by atoms with E-state index in [0.717, 1.165) is 11.5 Å². The molecule has 1 aromatic carbocycles. The Kier molecular flexibility index (Phi) is 2.91. The lowest BCUT2D eigenvalue weighted by molar-refractivity contribution is 0.0660. The summed E-state index contributed by atoms with van der Waals surface area (Å²) in [4.78, 5) is 2.66. The summed E-state index contributed by atoms with van der Waals surface area (Å²) in [6, 6.07) is 9.23. The fourth-order valence-electron chi connectivity index (χ4n) is 6.00. The Hall–Kier alpha value is -2.16. The predicted octanol–water partition coefficient (Wildman–Crippen LogP) is 6.19. The molecule has 0 amide bonds. The van der Waals surface area contributed by atoms with E-state index >= 15 is 0 Å². The molecular formula is C24H30N2O. The second kappa shape index (κ2) is 4.63. The second-order valence-corrected chi connectivity index (χ2v) is 9.83. The largest absolute Gasteiger partial charge is 0.442 e. The zero-order chi connectivity index (χ0) is 19.5. The maximum Gasteiger partial charge on any atom is 0.207 e. The van der Waals surface area contributed by atoms with Gasteiger partial charge >= 0.3 is 0 Å². The molecule has 0 saturated heterocycles. The van der Waals surface area contributed by atoms with Crippen molar-refractivity contribution in [2.75, 3.05) is 4.90 Å². The Morgan fingerprint density at radius 1 is 1.04 bits per heavy atom. The molecule has 0 fully saturated rings. The van der Waals surface area contributed by atoms with Crippen molar-refractivity contribution in [3.8, 4) is 0 Å². The number of nitrogens with zero attached hydrogens (tertiary/aromatic N) is 2. The van der Waals surface area contributed by atoms with Gasteiger partial charge in [0.2, 0.25) is 5.71 Å². The van der Waals surface area contributed by atoms with Crippen LogP contribution in [-0.2, 0) is 18.0 Å². The van der Waals surface area contributed by atoms with Crippen LogP contribution in [0.2, 0.25) is 0 Å². The first-order chi connectivity index (χ1) is 12.5. The number of aromatic nitrogens is 1. The summed E-state index contributed by atoms with van der Waals surface area (Å²) in [6.07, 6.45) is 2.12. The fourth-order valence-corrected chi connectivity index (χ4v) is 6.00. The van der Waals surface area contributed by atoms with Crippen LogP contribution in [0.15, 0.2) is 34.9 Å². The van der Waals surface area contributed by atoms with Crippen molar-refractivity contribution in [1.29, 1.82) is 0 Å². The van der Waals surface area contributed by atoms with Crippen molar-refractivity contribution >= 4 is 16.8 Å². The van der Waals surface area contributed by atoms with Gasteiger partial charge in [-0.1, -0.05) is 45.9 Å². The summed E-state index contributed by atoms with van der Waals surface area (Å²) in [6.45, 7) is 16.7. The average molecular weight is 363 g/mol. The van der Waals surface area contributed by atoms with Crippen LogP contribution < -0.4 is 4.90 Å². The van der Waals surface area contributed by atoms with E-state index in [1.807, 2.05) is 0 Å². The van der Waals surface area contributed by atoms with Crippen LogP contribution in [-0.4, -0.2) is 4.57 Å². The topological polar surface area (TPSA) is 21.3 Å². The van der Waals surface area contributed by atoms with Gasteiger partial charge in [-0.2, -0.15) is 0 Å². The first-order valence-corrected chi connectivity index (χ1v) is 10.0. The van der Waals surface area contributed by atoms with Gasteiger partial charge in [-0.05, 0) is 43.4 Å². The maximum absolute atomic E-state index is 6.49. The van der Waals surface area contributed by atoms with Gasteiger partial charge in [0, 0.05) is 35.3 Å². The molecule has 142 valence electrons. The van der Waals surface area contributed by atoms with Gasteiger partial charge in [0.15, 0.2) is 0 Å². The molecule has 2 atom stereocenters. The van der Waals surface area contributed by atoms with E-state index in [4.69, 9.17) is 4.42 Å². The number of benzene rings is 1. The molecular weight excluding hydrogens is 332 g/mol. The normalized spacial score (nSPS) is 27.6. The van der Waals surface area contributed by atoms with Crippen LogP contribution in [0, 0.1) is 12.3 Å². The number of fused-ring (bicyclic) bond motifs is 7. The quantitative estimate of drug-likeness (QED) is 0.475. The molecule has 0 spiro atoms. The van der Waals surface area contributed by atoms with E-state index in [2.05, 4.69) is 95.4 Å². The monoisotopic (exact) mass is 362 g/mol. The Bertz CT molecular complexity index is 1100. The number of para-hydroxylation sites is 1. The molecule has 3 heteroatoms. The number of anilines is 1. The van der Waals surface area contributed by atoms with Gasteiger partial charge in [0.1, 0.15) is 5.76 Å². The highest BCUT2D eigenvalue weighted by Crippen LogP contribution is 2.68. The van der Waals surface area contributed by atoms with Crippen LogP contribution in [0.3, 0.4) is 0 Å². The first kappa shape index (κ1) is 17.0. The molecule has 1 unspecified atom stereocenters. The van der Waals surface area contributed by atoms with Crippen LogP contribution in [0.4, 0.5) is 5.69 Å². The van der Waals surface area contributed by atoms with E-state index in [1.165, 1.54) is 27.8 Å². The zero-order valence-electron chi connectivity index (χ0n) is 17.8. The molecule has 0 aliphatic carbocycles. The third kappa shape index (κ3) is 1.58. The standard InChI is InChI=1S/C24H30N2O/c1-14-10-9-11-17-19(14)26-15(2)20-18(16-12-13-25(8)21(16)27-20)24(26,7)23(5,6)22(17,3)4/h9-13,15H,1-8H3/t15-,24?/m0/s1. The lowest BCUT2D eigenvalue weighted by atomic mass is 9.51. The summed E-state index contributed by atoms with van der Waals surface area (Å²) < 4.78 is 8.59. The van der Waals surface area contributed by atoms with Gasteiger partial charge in [0.25, 0.3) is 0 Å². The molecule has 27 heavy (non-hydrogen) atoms. The highest BCUT2D eigenvalue weighted by atomic mass is 16.4. The smallest absolute Gasteiger partial charge is 0.207 e. The lowest BCUT2D eigenvalue weighted by Crippen LogP contribution is -2.62. The number of aryl methyl sites for hydroxylation is 2. The highest BCUT2D eigenvalue weighted by molar-refractivity contribution is 5.86. The molecule has 5 rings (SSSR count). The van der Waals surface area contributed by atoms with Gasteiger partial charge < -0.3 is 13.9 Å². The van der Waals surface area contributed by atoms with Crippen molar-refractivity contribution in [3.63, 3.8) is 0 Å². The van der Waals surface area contributed by atoms with E-state index in [0.29, 0.717) is 0 Å². The summed E-state index contributed by atoms with van der Waals surface area (Å²) in [5.41, 5.74) is 6.47. The molecule has 0 radical (unpaired) electrons. The Labute approximate surface area is 162 Å². The molecule has 3 aromatic rings. The van der Waals surface area contributed by atoms with Crippen LogP contribution in [0.5, 0.6) is 0 Å². The van der Waals surface area contributed by atoms with Crippen LogP contribution >= 0.6 is 0 Å². The molecule has 2 aliphatic rings. The first-order valence-electron chi connectivity index (χ1n) is 10.0. The van der Waals surface area contributed by atoms with E-state index in [-0.39, 0.29) is 22.4 Å². The number of hydrogen-bond donors (Lipinski definition) is 0. The third-order valence-electron chi connectivity index (χ3n) is 8.40. The predicted molar refractivity (Wildman–Crippen MR) is 111 cm³/mol. The van der Waals surface area contributed by atoms with Crippen molar-refractivity contribution in [3.05, 3.63) is 52.9 Å². The second-order valence-electron chi connectivity index (χ2n) is 9.83. The molecule has 0 saturated carbocycles. The van der Waals surface area contributed by atoms with Gasteiger partial charge in [-0.15, -0.1) is 0 Å². The summed E-state index contributed by atoms with van der Waals surface area (Å²) in [5.74, 6) is 1.14. The summed E-state index contributed by atoms with van der Waals surface area (Å²) in [7, 11) is 2.07. The van der Waals surface area contributed by atoms with Crippen LogP contribution in [0.1, 0.15) is 70.0 Å². The minimum atomic E-state index is -0.142. The highest BCUT2D eigenvalue weighted by Gasteiger charge is 2.65. The lowest BCUT2D eigenvalue weighted by Gasteiger charge is -2.62. The SMILES string of the molecule is Cc1cccc2c1N1[C@@H](C)c3oc4c(ccn4C)c3C1(C)C(C)(C)C2(C)C. The Balaban J connectivity index is 1.94. The minimum absolute atomic E-state index is 0.00689. The van der Waals surface area contributed by atoms with Crippen molar-refractivity contribution < 1.29 is 4.42 Å². The van der Waals surface area contributed by atoms with Crippen LogP contribution in [0.25, 0.3) is 11.1 Å². The summed E-state index contributed by atoms with van der Waals surface area (Å²) in [5, 5.41) is 1.27. The number of hydrogen-bond acceptors (Lipinski definition) is 2. The minimum Gasteiger partial charge on any atom is -0.442 e. The Morgan fingerprint density at radius 2 is 1.74 bits per heavy atom. The van der Waals surface area contributed by atoms with E-state index < -0.39 is 0 Å². The average Bonchev–Trinajstić information content (AvgIpc) is 3.20. The molecule has 2 aromatic heterocycles. The van der Waals surface area contributed by atoms with E-state index in [9.17, 15) is 0 Å². The fraction of sp³-hybridized carbons (Fsp3) is 0.500. The van der Waals surface area contributed by atoms with Gasteiger partial charge in [0.05, 0.1) is 11.6 Å². The molecule has 0 N–H and O–H groups in total. The number of furan rings is 1. The maximum atomic E-state index is 6.49. The Morgan fingerprint density at radius 3 is 2.44 bits per heavy atom. The number of rotatable bonds is 0. The van der Waals surface area contributed by atoms with Crippen molar-refractivity contribution in [2.24, 2.45) is 12.5 Å². The summed E-state index contributed by atoms with van der Waals surface area (Å²) >= 11 is 0. The third-order valence-corrected chi connectivity index (χ3v) is 8.40. The molecule has 4 heterocycles.